The fourth-order valence-corrected chi connectivity index (χ4v) is 3.51. The Morgan fingerprint density at radius 3 is 1.61 bits per heavy atom. The zero-order valence-corrected chi connectivity index (χ0v) is 18.7. The van der Waals surface area contributed by atoms with Crippen LogP contribution in [0.2, 0.25) is 0 Å². The normalized spacial score (nSPS) is 12.1. The Kier molecular flexibility index (Phi) is 19.9. The SMILES string of the molecule is CCCCCCCCCCC(CCCCCCCC(=O)O)OC(=O)CCCC. The molecule has 0 bridgehead atoms. The number of hydrogen-bond acceptors (Lipinski definition) is 3. The molecule has 0 saturated carbocycles. The minimum absolute atomic E-state index is 0.0344. The Labute approximate surface area is 173 Å². The molecule has 0 radical (unpaired) electrons. The number of rotatable bonds is 21. The van der Waals surface area contributed by atoms with Gasteiger partial charge >= 0.3 is 11.9 Å². The molecule has 0 spiro atoms. The predicted octanol–water partition coefficient (Wildman–Crippen LogP) is 7.43. The molecule has 0 fully saturated rings. The fourth-order valence-electron chi connectivity index (χ4n) is 3.51. The second-order valence-electron chi connectivity index (χ2n) is 8.18. The van der Waals surface area contributed by atoms with Crippen molar-refractivity contribution in [2.75, 3.05) is 0 Å². The van der Waals surface area contributed by atoms with Crippen molar-refractivity contribution in [1.29, 1.82) is 0 Å². The van der Waals surface area contributed by atoms with Gasteiger partial charge in [0, 0.05) is 12.8 Å². The molecule has 28 heavy (non-hydrogen) atoms. The number of carbonyl (C=O) groups excluding carboxylic acids is 1. The molecule has 0 rings (SSSR count). The van der Waals surface area contributed by atoms with Crippen molar-refractivity contribution in [3.63, 3.8) is 0 Å². The number of carboxylic acids is 1. The molecule has 0 aliphatic carbocycles. The molecular formula is C24H46O4. The van der Waals surface area contributed by atoms with Gasteiger partial charge in [0.1, 0.15) is 6.10 Å². The molecule has 0 amide bonds. The molecule has 4 heteroatoms. The molecule has 1 N–H and O–H groups in total. The van der Waals surface area contributed by atoms with Gasteiger partial charge in [0.15, 0.2) is 0 Å². The van der Waals surface area contributed by atoms with E-state index in [0.717, 1.165) is 64.2 Å². The van der Waals surface area contributed by atoms with E-state index in [-0.39, 0.29) is 18.5 Å². The van der Waals surface area contributed by atoms with E-state index in [9.17, 15) is 9.59 Å². The van der Waals surface area contributed by atoms with Gasteiger partial charge in [0.25, 0.3) is 0 Å². The Bertz CT molecular complexity index is 368. The van der Waals surface area contributed by atoms with Crippen molar-refractivity contribution in [2.24, 2.45) is 0 Å². The van der Waals surface area contributed by atoms with E-state index in [4.69, 9.17) is 9.84 Å². The minimum atomic E-state index is -0.704. The Morgan fingerprint density at radius 1 is 0.643 bits per heavy atom. The first-order valence-electron chi connectivity index (χ1n) is 12.0. The highest BCUT2D eigenvalue weighted by Gasteiger charge is 2.14. The molecule has 166 valence electrons. The van der Waals surface area contributed by atoms with E-state index in [1.165, 1.54) is 44.9 Å². The number of esters is 1. The van der Waals surface area contributed by atoms with E-state index in [1.54, 1.807) is 0 Å². The van der Waals surface area contributed by atoms with Crippen LogP contribution in [0.15, 0.2) is 0 Å². The van der Waals surface area contributed by atoms with E-state index in [0.29, 0.717) is 6.42 Å². The van der Waals surface area contributed by atoms with Gasteiger partial charge in [-0.3, -0.25) is 9.59 Å². The fraction of sp³-hybridized carbons (Fsp3) is 0.917. The smallest absolute Gasteiger partial charge is 0.306 e. The summed E-state index contributed by atoms with van der Waals surface area (Å²) in [5.74, 6) is -0.739. The van der Waals surface area contributed by atoms with Crippen LogP contribution < -0.4 is 0 Å². The molecule has 1 unspecified atom stereocenters. The van der Waals surface area contributed by atoms with Crippen molar-refractivity contribution in [1.82, 2.24) is 0 Å². The van der Waals surface area contributed by atoms with Crippen LogP contribution in [-0.4, -0.2) is 23.1 Å². The first-order chi connectivity index (χ1) is 13.6. The minimum Gasteiger partial charge on any atom is -0.481 e. The molecule has 1 atom stereocenters. The lowest BCUT2D eigenvalue weighted by molar-refractivity contribution is -0.150. The highest BCUT2D eigenvalue weighted by Crippen LogP contribution is 2.18. The quantitative estimate of drug-likeness (QED) is 0.161. The summed E-state index contributed by atoms with van der Waals surface area (Å²) in [6, 6.07) is 0. The van der Waals surface area contributed by atoms with Crippen LogP contribution in [0.3, 0.4) is 0 Å². The molecular weight excluding hydrogens is 352 g/mol. The third-order valence-electron chi connectivity index (χ3n) is 5.33. The van der Waals surface area contributed by atoms with Gasteiger partial charge in [-0.2, -0.15) is 0 Å². The third kappa shape index (κ3) is 19.7. The van der Waals surface area contributed by atoms with Crippen molar-refractivity contribution in [3.8, 4) is 0 Å². The third-order valence-corrected chi connectivity index (χ3v) is 5.33. The van der Waals surface area contributed by atoms with Crippen molar-refractivity contribution < 1.29 is 19.4 Å². The summed E-state index contributed by atoms with van der Waals surface area (Å²) in [5, 5.41) is 8.66. The standard InChI is InChI=1S/C24H46O4/c1-3-5-7-8-9-10-12-15-18-22(28-24(27)21-6-4-2)19-16-13-11-14-17-20-23(25)26/h22H,3-21H2,1-2H3,(H,25,26). The van der Waals surface area contributed by atoms with Crippen molar-refractivity contribution in [3.05, 3.63) is 0 Å². The summed E-state index contributed by atoms with van der Waals surface area (Å²) in [5.41, 5.74) is 0. The van der Waals surface area contributed by atoms with Gasteiger partial charge in [0.05, 0.1) is 0 Å². The van der Waals surface area contributed by atoms with Gasteiger partial charge in [-0.25, -0.2) is 0 Å². The molecule has 0 aromatic carbocycles. The molecule has 4 nitrogen and oxygen atoms in total. The Hall–Kier alpha value is -1.06. The molecule has 0 aliphatic heterocycles. The highest BCUT2D eigenvalue weighted by molar-refractivity contribution is 5.69. The summed E-state index contributed by atoms with van der Waals surface area (Å²) in [4.78, 5) is 22.5. The van der Waals surface area contributed by atoms with Crippen LogP contribution in [0.4, 0.5) is 0 Å². The van der Waals surface area contributed by atoms with Crippen LogP contribution in [0.1, 0.15) is 136 Å². The Balaban J connectivity index is 3.94. The van der Waals surface area contributed by atoms with Crippen LogP contribution >= 0.6 is 0 Å². The van der Waals surface area contributed by atoms with E-state index in [2.05, 4.69) is 13.8 Å². The maximum Gasteiger partial charge on any atom is 0.306 e. The van der Waals surface area contributed by atoms with Gasteiger partial charge in [0.2, 0.25) is 0 Å². The van der Waals surface area contributed by atoms with Crippen LogP contribution in [0.5, 0.6) is 0 Å². The van der Waals surface area contributed by atoms with Crippen molar-refractivity contribution in [2.45, 2.75) is 142 Å². The van der Waals surface area contributed by atoms with Gasteiger partial charge in [-0.15, -0.1) is 0 Å². The number of carbonyl (C=O) groups is 2. The zero-order chi connectivity index (χ0) is 20.9. The highest BCUT2D eigenvalue weighted by atomic mass is 16.5. The number of ether oxygens (including phenoxy) is 1. The van der Waals surface area contributed by atoms with E-state index >= 15 is 0 Å². The van der Waals surface area contributed by atoms with Crippen LogP contribution in [0, 0.1) is 0 Å². The maximum absolute atomic E-state index is 12.0. The summed E-state index contributed by atoms with van der Waals surface area (Å²) < 4.78 is 5.75. The van der Waals surface area contributed by atoms with E-state index in [1.807, 2.05) is 0 Å². The number of unbranched alkanes of at least 4 members (excludes halogenated alkanes) is 12. The average Bonchev–Trinajstić information content (AvgIpc) is 2.67. The van der Waals surface area contributed by atoms with E-state index < -0.39 is 5.97 Å². The molecule has 0 saturated heterocycles. The predicted molar refractivity (Wildman–Crippen MR) is 117 cm³/mol. The molecule has 0 aromatic rings. The monoisotopic (exact) mass is 398 g/mol. The first-order valence-corrected chi connectivity index (χ1v) is 12.0. The van der Waals surface area contributed by atoms with Gasteiger partial charge in [-0.05, 0) is 38.5 Å². The second kappa shape index (κ2) is 20.7. The lowest BCUT2D eigenvalue weighted by atomic mass is 10.0. The largest absolute Gasteiger partial charge is 0.481 e. The zero-order valence-electron chi connectivity index (χ0n) is 18.7. The van der Waals surface area contributed by atoms with Gasteiger partial charge in [-0.1, -0.05) is 84.5 Å². The molecule has 0 aliphatic rings. The lowest BCUT2D eigenvalue weighted by Crippen LogP contribution is -2.18. The summed E-state index contributed by atoms with van der Waals surface area (Å²) in [7, 11) is 0. The second-order valence-corrected chi connectivity index (χ2v) is 8.18. The Morgan fingerprint density at radius 2 is 1.11 bits per heavy atom. The maximum atomic E-state index is 12.0. The number of carboxylic acid groups (broad SMARTS) is 1. The average molecular weight is 399 g/mol. The molecule has 0 aromatic heterocycles. The first kappa shape index (κ1) is 26.9. The van der Waals surface area contributed by atoms with Gasteiger partial charge < -0.3 is 9.84 Å². The van der Waals surface area contributed by atoms with Crippen LogP contribution in [0.25, 0.3) is 0 Å². The van der Waals surface area contributed by atoms with Crippen molar-refractivity contribution >= 4 is 11.9 Å². The number of aliphatic carboxylic acids is 1. The summed E-state index contributed by atoms with van der Waals surface area (Å²) in [6.45, 7) is 4.34. The topological polar surface area (TPSA) is 63.6 Å². The summed E-state index contributed by atoms with van der Waals surface area (Å²) >= 11 is 0. The van der Waals surface area contributed by atoms with Crippen LogP contribution in [-0.2, 0) is 14.3 Å². The summed E-state index contributed by atoms with van der Waals surface area (Å²) in [6.07, 6.45) is 20.1. The number of hydrogen-bond donors (Lipinski definition) is 1. The lowest BCUT2D eigenvalue weighted by Gasteiger charge is -2.18. The molecule has 0 heterocycles.